The van der Waals surface area contributed by atoms with E-state index in [4.69, 9.17) is 10.8 Å². The highest BCUT2D eigenvalue weighted by atomic mass is 79.9. The summed E-state index contributed by atoms with van der Waals surface area (Å²) in [7, 11) is 0. The summed E-state index contributed by atoms with van der Waals surface area (Å²) < 4.78 is 1.10. The Morgan fingerprint density at radius 3 is 2.79 bits per heavy atom. The summed E-state index contributed by atoms with van der Waals surface area (Å²) in [6.45, 7) is 2.10. The number of fused-ring (bicyclic) bond motifs is 2. The first kappa shape index (κ1) is 12.9. The largest absolute Gasteiger partial charge is 0.323 e. The Morgan fingerprint density at radius 1 is 1.21 bits per heavy atom. The molecule has 2 aromatic rings. The molecule has 0 bridgehead atoms. The van der Waals surface area contributed by atoms with Gasteiger partial charge in [0.1, 0.15) is 0 Å². The Kier molecular flexibility index (Phi) is 3.46. The van der Waals surface area contributed by atoms with Crippen molar-refractivity contribution in [3.8, 4) is 0 Å². The lowest BCUT2D eigenvalue weighted by Gasteiger charge is -2.16. The average Bonchev–Trinajstić information content (AvgIpc) is 2.66. The van der Waals surface area contributed by atoms with Crippen molar-refractivity contribution in [1.82, 2.24) is 4.98 Å². The fourth-order valence-electron chi connectivity index (χ4n) is 2.94. The molecule has 0 saturated carbocycles. The predicted molar refractivity (Wildman–Crippen MR) is 83.2 cm³/mol. The van der Waals surface area contributed by atoms with Gasteiger partial charge in [-0.25, -0.2) is 0 Å². The lowest BCUT2D eigenvalue weighted by atomic mass is 10.0. The molecule has 0 aliphatic heterocycles. The SMILES string of the molecule is Cc1c(Br)ccc2c(NN)c3c(nc12)CCCCC3. The van der Waals surface area contributed by atoms with Gasteiger partial charge in [0, 0.05) is 15.6 Å². The van der Waals surface area contributed by atoms with Gasteiger partial charge in [0.25, 0.3) is 0 Å². The van der Waals surface area contributed by atoms with E-state index in [0.717, 1.165) is 33.9 Å². The van der Waals surface area contributed by atoms with Crippen molar-refractivity contribution in [2.75, 3.05) is 5.43 Å². The van der Waals surface area contributed by atoms with E-state index in [-0.39, 0.29) is 0 Å². The highest BCUT2D eigenvalue weighted by molar-refractivity contribution is 9.10. The van der Waals surface area contributed by atoms with Crippen LogP contribution in [-0.2, 0) is 12.8 Å². The van der Waals surface area contributed by atoms with Crippen molar-refractivity contribution in [3.05, 3.63) is 33.4 Å². The van der Waals surface area contributed by atoms with Crippen LogP contribution >= 0.6 is 15.9 Å². The van der Waals surface area contributed by atoms with Crippen LogP contribution in [0, 0.1) is 6.92 Å². The Bertz CT molecular complexity index is 637. The van der Waals surface area contributed by atoms with Gasteiger partial charge in [0.15, 0.2) is 0 Å². The van der Waals surface area contributed by atoms with Crippen molar-refractivity contribution < 1.29 is 0 Å². The van der Waals surface area contributed by atoms with Crippen molar-refractivity contribution in [2.45, 2.75) is 39.0 Å². The molecular formula is C15H18BrN3. The summed E-state index contributed by atoms with van der Waals surface area (Å²) in [6, 6.07) is 4.17. The van der Waals surface area contributed by atoms with Gasteiger partial charge >= 0.3 is 0 Å². The number of halogens is 1. The molecule has 3 N–H and O–H groups in total. The number of hydrogen-bond acceptors (Lipinski definition) is 3. The second-order valence-corrected chi connectivity index (χ2v) is 6.04. The Labute approximate surface area is 121 Å². The van der Waals surface area contributed by atoms with Gasteiger partial charge in [-0.2, -0.15) is 0 Å². The highest BCUT2D eigenvalue weighted by Gasteiger charge is 2.18. The van der Waals surface area contributed by atoms with E-state index >= 15 is 0 Å². The third-order valence-corrected chi connectivity index (χ3v) is 4.87. The number of anilines is 1. The van der Waals surface area contributed by atoms with Gasteiger partial charge in [-0.05, 0) is 55.9 Å². The van der Waals surface area contributed by atoms with E-state index in [0.29, 0.717) is 0 Å². The van der Waals surface area contributed by atoms with Crippen molar-refractivity contribution in [1.29, 1.82) is 0 Å². The molecule has 1 aromatic heterocycles. The number of hydrogen-bond donors (Lipinski definition) is 2. The molecule has 1 aliphatic carbocycles. The molecule has 3 rings (SSSR count). The van der Waals surface area contributed by atoms with Crippen LogP contribution in [0.4, 0.5) is 5.69 Å². The maximum Gasteiger partial charge on any atom is 0.0767 e. The summed E-state index contributed by atoms with van der Waals surface area (Å²) in [5.74, 6) is 5.79. The van der Waals surface area contributed by atoms with Crippen LogP contribution < -0.4 is 11.3 Å². The molecule has 4 heteroatoms. The topological polar surface area (TPSA) is 50.9 Å². The number of hydrazine groups is 1. The molecule has 1 aromatic carbocycles. The molecular weight excluding hydrogens is 302 g/mol. The van der Waals surface area contributed by atoms with E-state index in [9.17, 15) is 0 Å². The normalized spacial score (nSPS) is 15.1. The van der Waals surface area contributed by atoms with E-state index in [1.54, 1.807) is 0 Å². The third-order valence-electron chi connectivity index (χ3n) is 4.02. The minimum atomic E-state index is 1.06. The third kappa shape index (κ3) is 2.13. The molecule has 0 fully saturated rings. The number of benzene rings is 1. The van der Waals surface area contributed by atoms with Crippen LogP contribution in [0.5, 0.6) is 0 Å². The molecule has 100 valence electrons. The monoisotopic (exact) mass is 319 g/mol. The smallest absolute Gasteiger partial charge is 0.0767 e. The molecule has 0 spiro atoms. The zero-order valence-corrected chi connectivity index (χ0v) is 12.7. The standard InChI is InChI=1S/C15H18BrN3/c1-9-12(16)8-7-11-14(9)18-13-6-4-2-3-5-10(13)15(11)19-17/h7-8H,2-6,17H2,1H3,(H,18,19). The van der Waals surface area contributed by atoms with Gasteiger partial charge in [0.05, 0.1) is 11.2 Å². The van der Waals surface area contributed by atoms with E-state index in [1.807, 2.05) is 0 Å². The van der Waals surface area contributed by atoms with Crippen LogP contribution in [0.1, 0.15) is 36.1 Å². The number of nitrogens with zero attached hydrogens (tertiary/aromatic N) is 1. The molecule has 19 heavy (non-hydrogen) atoms. The van der Waals surface area contributed by atoms with Gasteiger partial charge < -0.3 is 5.43 Å². The second kappa shape index (κ2) is 5.10. The Hall–Kier alpha value is -1.13. The maximum absolute atomic E-state index is 5.79. The van der Waals surface area contributed by atoms with Crippen molar-refractivity contribution in [3.63, 3.8) is 0 Å². The quantitative estimate of drug-likeness (QED) is 0.476. The Balaban J connectivity index is 2.36. The molecule has 1 heterocycles. The minimum Gasteiger partial charge on any atom is -0.323 e. The summed E-state index contributed by atoms with van der Waals surface area (Å²) in [5.41, 5.74) is 8.76. The molecule has 1 aliphatic rings. The Morgan fingerprint density at radius 2 is 2.00 bits per heavy atom. The van der Waals surface area contributed by atoms with E-state index < -0.39 is 0 Å². The first-order valence-electron chi connectivity index (χ1n) is 6.79. The number of aryl methyl sites for hydroxylation is 2. The second-order valence-electron chi connectivity index (χ2n) is 5.19. The van der Waals surface area contributed by atoms with E-state index in [2.05, 4.69) is 40.4 Å². The highest BCUT2D eigenvalue weighted by Crippen LogP contribution is 2.35. The summed E-state index contributed by atoms with van der Waals surface area (Å²) in [4.78, 5) is 4.92. The average molecular weight is 320 g/mol. The van der Waals surface area contributed by atoms with Crippen LogP contribution in [0.2, 0.25) is 0 Å². The first-order valence-corrected chi connectivity index (χ1v) is 7.59. The van der Waals surface area contributed by atoms with E-state index in [1.165, 1.54) is 36.1 Å². The summed E-state index contributed by atoms with van der Waals surface area (Å²) in [5, 5.41) is 1.13. The molecule has 0 amide bonds. The maximum atomic E-state index is 5.79. The lowest BCUT2D eigenvalue weighted by molar-refractivity contribution is 0.709. The van der Waals surface area contributed by atoms with Gasteiger partial charge in [-0.3, -0.25) is 10.8 Å². The molecule has 0 unspecified atom stereocenters. The molecule has 0 atom stereocenters. The number of nitrogens with one attached hydrogen (secondary N) is 1. The van der Waals surface area contributed by atoms with Crippen LogP contribution in [-0.4, -0.2) is 4.98 Å². The summed E-state index contributed by atoms with van der Waals surface area (Å²) in [6.07, 6.45) is 5.87. The number of rotatable bonds is 1. The lowest BCUT2D eigenvalue weighted by Crippen LogP contribution is -2.12. The van der Waals surface area contributed by atoms with Crippen LogP contribution in [0.15, 0.2) is 16.6 Å². The zero-order chi connectivity index (χ0) is 13.4. The molecule has 3 nitrogen and oxygen atoms in total. The number of nitrogen functional groups attached to an aromatic ring is 1. The number of nitrogens with two attached hydrogens (primary N) is 1. The fourth-order valence-corrected chi connectivity index (χ4v) is 3.26. The summed E-state index contributed by atoms with van der Waals surface area (Å²) >= 11 is 3.58. The van der Waals surface area contributed by atoms with Crippen molar-refractivity contribution >= 4 is 32.5 Å². The first-order chi connectivity index (χ1) is 9.22. The van der Waals surface area contributed by atoms with Crippen LogP contribution in [0.3, 0.4) is 0 Å². The number of aromatic nitrogens is 1. The van der Waals surface area contributed by atoms with Gasteiger partial charge in [0.2, 0.25) is 0 Å². The number of pyridine rings is 1. The van der Waals surface area contributed by atoms with Gasteiger partial charge in [-0.1, -0.05) is 22.4 Å². The minimum absolute atomic E-state index is 1.06. The molecule has 0 saturated heterocycles. The zero-order valence-electron chi connectivity index (χ0n) is 11.1. The van der Waals surface area contributed by atoms with Crippen LogP contribution in [0.25, 0.3) is 10.9 Å². The molecule has 0 radical (unpaired) electrons. The predicted octanol–water partition coefficient (Wildman–Crippen LogP) is 3.86. The van der Waals surface area contributed by atoms with Gasteiger partial charge in [-0.15, -0.1) is 0 Å². The van der Waals surface area contributed by atoms with Crippen molar-refractivity contribution in [2.24, 2.45) is 5.84 Å². The fraction of sp³-hybridized carbons (Fsp3) is 0.400.